The lowest BCUT2D eigenvalue weighted by Gasteiger charge is -2.49. The molecule has 3 rings (SSSR count). The molecule has 3 aliphatic rings. The Morgan fingerprint density at radius 2 is 1.63 bits per heavy atom. The lowest BCUT2D eigenvalue weighted by molar-refractivity contribution is -0.306. The maximum Gasteiger partial charge on any atom is 0.311 e. The van der Waals surface area contributed by atoms with Gasteiger partial charge in [0, 0.05) is 44.4 Å². The standard InChI is InChI=1S/C37H66N2O13/c1-14-26-37(9,44)31(42)21(4)28(38-45)19(2)16-36(8,47-13)32(52-34-29(41)24(39(10)11)15-20(3)49-34)22(5)30(23(6)33(43)50-26)51-27-17-35(7,46-12)25(40)18-48-27/h18-24,26-27,29-32,34,40-42,44-45H,14-17H2,1-13H3/b38-28+/t19-,20?,21+,22+,23-,24?,26-,27?,29?,30+,31-,32-,34?,35?,36-,37-/m1/s1. The van der Waals surface area contributed by atoms with E-state index < -0.39 is 89.5 Å². The minimum atomic E-state index is -1.94. The lowest BCUT2D eigenvalue weighted by Crippen LogP contribution is -2.61. The minimum absolute atomic E-state index is 0.0695. The van der Waals surface area contributed by atoms with Gasteiger partial charge >= 0.3 is 5.97 Å². The molecule has 2 fully saturated rings. The third-order valence-corrected chi connectivity index (χ3v) is 11.8. The van der Waals surface area contributed by atoms with Gasteiger partial charge in [0.15, 0.2) is 12.0 Å². The second-order valence-corrected chi connectivity index (χ2v) is 16.0. The second-order valence-electron chi connectivity index (χ2n) is 16.0. The molecule has 302 valence electrons. The number of ether oxygens (including phenoxy) is 7. The zero-order valence-electron chi connectivity index (χ0n) is 33.3. The molecule has 5 N–H and O–H groups in total. The van der Waals surface area contributed by atoms with Gasteiger partial charge in [-0.2, -0.15) is 0 Å². The highest BCUT2D eigenvalue weighted by Gasteiger charge is 2.53. The van der Waals surface area contributed by atoms with E-state index in [2.05, 4.69) is 5.16 Å². The van der Waals surface area contributed by atoms with Crippen LogP contribution in [0, 0.1) is 23.7 Å². The van der Waals surface area contributed by atoms with Gasteiger partial charge in [0.25, 0.3) is 0 Å². The number of esters is 1. The Hall–Kier alpha value is -2.08. The number of hydrogen-bond acceptors (Lipinski definition) is 15. The van der Waals surface area contributed by atoms with Gasteiger partial charge in [0.1, 0.15) is 29.7 Å². The van der Waals surface area contributed by atoms with Gasteiger partial charge in [0.05, 0.1) is 41.6 Å². The molecule has 0 saturated carbocycles. The first-order valence-electron chi connectivity index (χ1n) is 18.4. The molecular weight excluding hydrogens is 680 g/mol. The normalized spacial score (nSPS) is 46.6. The van der Waals surface area contributed by atoms with Crippen molar-refractivity contribution in [2.45, 2.75) is 160 Å². The third-order valence-electron chi connectivity index (χ3n) is 11.8. The highest BCUT2D eigenvalue weighted by atomic mass is 16.7. The van der Waals surface area contributed by atoms with E-state index in [4.69, 9.17) is 33.2 Å². The van der Waals surface area contributed by atoms with E-state index in [1.54, 1.807) is 27.7 Å². The summed E-state index contributed by atoms with van der Waals surface area (Å²) >= 11 is 0. The summed E-state index contributed by atoms with van der Waals surface area (Å²) in [4.78, 5) is 16.1. The monoisotopic (exact) mass is 746 g/mol. The second kappa shape index (κ2) is 17.6. The number of cyclic esters (lactones) is 1. The molecule has 0 amide bonds. The van der Waals surface area contributed by atoms with E-state index in [1.807, 2.05) is 46.7 Å². The van der Waals surface area contributed by atoms with Crippen molar-refractivity contribution in [1.82, 2.24) is 4.90 Å². The van der Waals surface area contributed by atoms with Crippen molar-refractivity contribution in [2.24, 2.45) is 28.8 Å². The van der Waals surface area contributed by atoms with Crippen LogP contribution >= 0.6 is 0 Å². The van der Waals surface area contributed by atoms with E-state index >= 15 is 0 Å². The average molecular weight is 747 g/mol. The van der Waals surface area contributed by atoms with E-state index in [9.17, 15) is 30.4 Å². The molecule has 6 unspecified atom stereocenters. The number of aliphatic hydroxyl groups is 4. The Kier molecular flexibility index (Phi) is 15.0. The van der Waals surface area contributed by atoms with Crippen LogP contribution in [0.3, 0.4) is 0 Å². The molecule has 15 nitrogen and oxygen atoms in total. The van der Waals surface area contributed by atoms with Crippen LogP contribution in [0.2, 0.25) is 0 Å². The molecule has 2 saturated heterocycles. The summed E-state index contributed by atoms with van der Waals surface area (Å²) < 4.78 is 43.3. The molecule has 0 bridgehead atoms. The fourth-order valence-corrected chi connectivity index (χ4v) is 8.19. The van der Waals surface area contributed by atoms with Crippen molar-refractivity contribution in [2.75, 3.05) is 28.3 Å². The largest absolute Gasteiger partial charge is 0.506 e. The lowest BCUT2D eigenvalue weighted by atomic mass is 9.73. The van der Waals surface area contributed by atoms with E-state index in [0.29, 0.717) is 6.42 Å². The zero-order valence-corrected chi connectivity index (χ0v) is 33.3. The smallest absolute Gasteiger partial charge is 0.311 e. The molecule has 0 aliphatic carbocycles. The van der Waals surface area contributed by atoms with Crippen LogP contribution < -0.4 is 0 Å². The number of rotatable bonds is 8. The zero-order chi connectivity index (χ0) is 39.5. The quantitative estimate of drug-likeness (QED) is 0.138. The first-order chi connectivity index (χ1) is 24.1. The van der Waals surface area contributed by atoms with Crippen LogP contribution in [-0.2, 0) is 38.0 Å². The highest BCUT2D eigenvalue weighted by molar-refractivity contribution is 5.88. The van der Waals surface area contributed by atoms with Gasteiger partial charge < -0.3 is 63.7 Å². The summed E-state index contributed by atoms with van der Waals surface area (Å²) in [7, 11) is 6.73. The molecule has 0 radical (unpaired) electrons. The molecule has 0 aromatic rings. The number of likely N-dealkylation sites (N-methyl/N-ethyl adjacent to an activating group) is 1. The number of methoxy groups -OCH3 is 2. The molecule has 16 atom stereocenters. The maximum atomic E-state index is 14.2. The van der Waals surface area contributed by atoms with Gasteiger partial charge in [-0.25, -0.2) is 0 Å². The summed E-state index contributed by atoms with van der Waals surface area (Å²) in [5.41, 5.74) is -4.11. The van der Waals surface area contributed by atoms with Gasteiger partial charge in [-0.05, 0) is 68.0 Å². The topological polar surface area (TPSA) is 198 Å². The van der Waals surface area contributed by atoms with Crippen LogP contribution in [0.15, 0.2) is 17.2 Å². The third kappa shape index (κ3) is 9.23. The number of oxime groups is 1. The fourth-order valence-electron chi connectivity index (χ4n) is 8.19. The summed E-state index contributed by atoms with van der Waals surface area (Å²) in [6, 6.07) is -0.285. The van der Waals surface area contributed by atoms with Gasteiger partial charge in [-0.15, -0.1) is 0 Å². The molecule has 0 spiro atoms. The first-order valence-corrected chi connectivity index (χ1v) is 18.4. The van der Waals surface area contributed by atoms with Crippen LogP contribution in [-0.4, -0.2) is 143 Å². The summed E-state index contributed by atoms with van der Waals surface area (Å²) in [6.07, 6.45) is -5.92. The number of carbonyl (C=O) groups excluding carboxylic acids is 1. The molecular formula is C37H66N2O13. The van der Waals surface area contributed by atoms with Crippen molar-refractivity contribution in [1.29, 1.82) is 0 Å². The molecule has 3 aliphatic heterocycles. The summed E-state index contributed by atoms with van der Waals surface area (Å²) in [5, 5.41) is 59.3. The van der Waals surface area contributed by atoms with E-state index in [1.165, 1.54) is 21.1 Å². The Balaban J connectivity index is 2.24. The van der Waals surface area contributed by atoms with Crippen molar-refractivity contribution < 1.29 is 63.6 Å². The van der Waals surface area contributed by atoms with Crippen LogP contribution in [0.4, 0.5) is 0 Å². The number of hydrogen-bond donors (Lipinski definition) is 5. The fraction of sp³-hybridized carbons (Fsp3) is 0.892. The number of carbonyl (C=O) groups is 1. The van der Waals surface area contributed by atoms with E-state index in [0.717, 1.165) is 6.26 Å². The highest BCUT2D eigenvalue weighted by Crippen LogP contribution is 2.41. The van der Waals surface area contributed by atoms with Crippen molar-refractivity contribution >= 4 is 11.7 Å². The maximum absolute atomic E-state index is 14.2. The molecule has 52 heavy (non-hydrogen) atoms. The van der Waals surface area contributed by atoms with Crippen molar-refractivity contribution in [3.05, 3.63) is 12.0 Å². The number of aliphatic hydroxyl groups excluding tert-OH is 3. The van der Waals surface area contributed by atoms with Crippen molar-refractivity contribution in [3.63, 3.8) is 0 Å². The van der Waals surface area contributed by atoms with Gasteiger partial charge in [0.2, 0.25) is 6.29 Å². The Morgan fingerprint density at radius 1 is 1.00 bits per heavy atom. The van der Waals surface area contributed by atoms with Gasteiger partial charge in [-0.3, -0.25) is 4.79 Å². The predicted molar refractivity (Wildman–Crippen MR) is 191 cm³/mol. The number of nitrogens with zero attached hydrogens (tertiary/aromatic N) is 2. The summed E-state index contributed by atoms with van der Waals surface area (Å²) in [6.45, 7) is 15.5. The minimum Gasteiger partial charge on any atom is -0.506 e. The molecule has 0 aromatic heterocycles. The predicted octanol–water partition coefficient (Wildman–Crippen LogP) is 3.35. The van der Waals surface area contributed by atoms with Gasteiger partial charge in [-0.1, -0.05) is 32.9 Å². The Labute approximate surface area is 309 Å². The molecule has 3 heterocycles. The van der Waals surface area contributed by atoms with Crippen molar-refractivity contribution in [3.8, 4) is 0 Å². The molecule has 0 aromatic carbocycles. The Bertz CT molecular complexity index is 1250. The summed E-state index contributed by atoms with van der Waals surface area (Å²) in [5.74, 6) is -3.99. The van der Waals surface area contributed by atoms with Crippen LogP contribution in [0.1, 0.15) is 88.0 Å². The first kappa shape index (κ1) is 44.3. The Morgan fingerprint density at radius 3 is 2.17 bits per heavy atom. The molecule has 15 heteroatoms. The van der Waals surface area contributed by atoms with Crippen LogP contribution in [0.5, 0.6) is 0 Å². The van der Waals surface area contributed by atoms with E-state index in [-0.39, 0.29) is 42.9 Å². The SMILES string of the molecule is CC[C@H]1OC(=O)[C@H](C)[C@@H](OC2CC(C)(OC)C(O)=CO2)[C@H](C)[C@@H](OC2OC(C)CC(N(C)C)C2O)[C@](C)(OC)C[C@@H](C)/C(=N\O)[C@H](C)[C@@H](O)[C@]1(C)O. The van der Waals surface area contributed by atoms with Crippen LogP contribution in [0.25, 0.3) is 0 Å². The average Bonchev–Trinajstić information content (AvgIpc) is 3.09.